The molecule has 0 aliphatic heterocycles. The molecule has 1 aromatic carbocycles. The molecule has 0 aliphatic rings. The summed E-state index contributed by atoms with van der Waals surface area (Å²) in [6.07, 6.45) is 4.11. The highest BCUT2D eigenvalue weighted by Crippen LogP contribution is 2.22. The molecule has 0 saturated carbocycles. The van der Waals surface area contributed by atoms with Crippen molar-refractivity contribution in [3.8, 4) is 0 Å². The zero-order valence-electron chi connectivity index (χ0n) is 12.6. The highest BCUT2D eigenvalue weighted by atomic mass is 16.6. The van der Waals surface area contributed by atoms with Crippen LogP contribution in [0.3, 0.4) is 0 Å². The molecule has 2 rings (SSSR count). The molecule has 0 bridgehead atoms. The van der Waals surface area contributed by atoms with E-state index < -0.39 is 0 Å². The number of hydrogen-bond acceptors (Lipinski definition) is 3. The second-order valence-corrected chi connectivity index (χ2v) is 5.55. The number of benzene rings is 1. The Bertz CT molecular complexity index is 619. The molecule has 0 fully saturated rings. The van der Waals surface area contributed by atoms with Gasteiger partial charge in [0.1, 0.15) is 0 Å². The Morgan fingerprint density at radius 1 is 1.33 bits per heavy atom. The van der Waals surface area contributed by atoms with Crippen LogP contribution in [-0.2, 0) is 6.54 Å². The number of aromatic nitrogens is 1. The molecular formula is C16H21N3O2. The molecule has 1 unspecified atom stereocenters. The summed E-state index contributed by atoms with van der Waals surface area (Å²) in [6.45, 7) is 4.99. The second kappa shape index (κ2) is 6.54. The number of nitro benzene ring substituents is 1. The lowest BCUT2D eigenvalue weighted by molar-refractivity contribution is -0.384. The molecule has 1 N–H and O–H groups in total. The van der Waals surface area contributed by atoms with Crippen molar-refractivity contribution in [1.82, 2.24) is 9.88 Å². The fraction of sp³-hybridized carbons (Fsp3) is 0.375. The average molecular weight is 287 g/mol. The maximum atomic E-state index is 10.8. The van der Waals surface area contributed by atoms with E-state index in [2.05, 4.69) is 36.0 Å². The summed E-state index contributed by atoms with van der Waals surface area (Å²) < 4.78 is 2.06. The molecule has 1 heterocycles. The first kappa shape index (κ1) is 15.3. The van der Waals surface area contributed by atoms with Gasteiger partial charge >= 0.3 is 0 Å². The molecule has 0 amide bonds. The van der Waals surface area contributed by atoms with Crippen LogP contribution < -0.4 is 5.32 Å². The zero-order valence-corrected chi connectivity index (χ0v) is 12.6. The second-order valence-electron chi connectivity index (χ2n) is 5.55. The predicted octanol–water partition coefficient (Wildman–Crippen LogP) is 3.36. The first-order valence-electron chi connectivity index (χ1n) is 7.07. The number of nitrogens with one attached hydrogen (secondary N) is 1. The minimum absolute atomic E-state index is 0.134. The van der Waals surface area contributed by atoms with Crippen molar-refractivity contribution in [3.63, 3.8) is 0 Å². The SMILES string of the molecule is CNC(c1ccn(Cc2cccc([N+](=O)[O-])c2)c1)C(C)C. The van der Waals surface area contributed by atoms with E-state index in [1.165, 1.54) is 11.6 Å². The van der Waals surface area contributed by atoms with Gasteiger partial charge in [-0.25, -0.2) is 0 Å². The molecular weight excluding hydrogens is 266 g/mol. The third-order valence-electron chi connectivity index (χ3n) is 3.60. The Morgan fingerprint density at radius 3 is 2.71 bits per heavy atom. The van der Waals surface area contributed by atoms with Crippen LogP contribution in [-0.4, -0.2) is 16.5 Å². The normalized spacial score (nSPS) is 12.6. The number of nitro groups is 1. The molecule has 0 radical (unpaired) electrons. The minimum atomic E-state index is -0.361. The molecule has 5 nitrogen and oxygen atoms in total. The molecule has 21 heavy (non-hydrogen) atoms. The van der Waals surface area contributed by atoms with Crippen molar-refractivity contribution in [2.24, 2.45) is 5.92 Å². The van der Waals surface area contributed by atoms with Gasteiger partial charge in [-0.3, -0.25) is 10.1 Å². The Labute approximate surface area is 124 Å². The van der Waals surface area contributed by atoms with Gasteiger partial charge in [-0.15, -0.1) is 0 Å². The Hall–Kier alpha value is -2.14. The molecule has 1 atom stereocenters. The summed E-state index contributed by atoms with van der Waals surface area (Å²) in [5, 5.41) is 14.1. The summed E-state index contributed by atoms with van der Waals surface area (Å²) in [7, 11) is 1.96. The topological polar surface area (TPSA) is 60.1 Å². The van der Waals surface area contributed by atoms with Crippen LogP contribution in [0.2, 0.25) is 0 Å². The molecule has 112 valence electrons. The number of rotatable bonds is 6. The van der Waals surface area contributed by atoms with Crippen LogP contribution in [0.15, 0.2) is 42.7 Å². The smallest absolute Gasteiger partial charge is 0.269 e. The van der Waals surface area contributed by atoms with E-state index in [-0.39, 0.29) is 10.6 Å². The Balaban J connectivity index is 2.16. The number of nitrogens with zero attached hydrogens (tertiary/aromatic N) is 2. The predicted molar refractivity (Wildman–Crippen MR) is 83.3 cm³/mol. The summed E-state index contributed by atoms with van der Waals surface area (Å²) in [6, 6.07) is 9.18. The van der Waals surface area contributed by atoms with Crippen LogP contribution in [0.5, 0.6) is 0 Å². The van der Waals surface area contributed by atoms with E-state index in [1.54, 1.807) is 12.1 Å². The summed E-state index contributed by atoms with van der Waals surface area (Å²) in [5.74, 6) is 0.503. The Morgan fingerprint density at radius 2 is 2.10 bits per heavy atom. The molecule has 0 aliphatic carbocycles. The van der Waals surface area contributed by atoms with E-state index in [9.17, 15) is 10.1 Å². The largest absolute Gasteiger partial charge is 0.350 e. The first-order chi connectivity index (χ1) is 10.0. The van der Waals surface area contributed by atoms with Gasteiger partial charge in [-0.1, -0.05) is 26.0 Å². The highest BCUT2D eigenvalue weighted by molar-refractivity contribution is 5.34. The van der Waals surface area contributed by atoms with E-state index in [1.807, 2.05) is 19.3 Å². The number of non-ortho nitro benzene ring substituents is 1. The maximum Gasteiger partial charge on any atom is 0.269 e. The standard InChI is InChI=1S/C16H21N3O2/c1-12(2)16(17-3)14-7-8-18(11-14)10-13-5-4-6-15(9-13)19(20)21/h4-9,11-12,16-17H,10H2,1-3H3. The van der Waals surface area contributed by atoms with Crippen LogP contribution >= 0.6 is 0 Å². The zero-order chi connectivity index (χ0) is 15.4. The Kier molecular flexibility index (Phi) is 4.75. The fourth-order valence-electron chi connectivity index (χ4n) is 2.61. The van der Waals surface area contributed by atoms with Gasteiger partial charge in [0.2, 0.25) is 0 Å². The first-order valence-corrected chi connectivity index (χ1v) is 7.07. The van der Waals surface area contributed by atoms with Crippen molar-refractivity contribution in [3.05, 3.63) is 64.0 Å². The highest BCUT2D eigenvalue weighted by Gasteiger charge is 2.14. The van der Waals surface area contributed by atoms with Gasteiger partial charge in [0, 0.05) is 37.1 Å². The van der Waals surface area contributed by atoms with E-state index in [4.69, 9.17) is 0 Å². The van der Waals surface area contributed by atoms with E-state index in [0.717, 1.165) is 5.56 Å². The van der Waals surface area contributed by atoms with Crippen molar-refractivity contribution in [2.75, 3.05) is 7.05 Å². The van der Waals surface area contributed by atoms with Gasteiger partial charge in [-0.2, -0.15) is 0 Å². The monoisotopic (exact) mass is 287 g/mol. The van der Waals surface area contributed by atoms with Gasteiger partial charge in [-0.05, 0) is 30.2 Å². The van der Waals surface area contributed by atoms with Crippen molar-refractivity contribution < 1.29 is 4.92 Å². The van der Waals surface area contributed by atoms with Crippen molar-refractivity contribution in [2.45, 2.75) is 26.4 Å². The summed E-state index contributed by atoms with van der Waals surface area (Å²) >= 11 is 0. The van der Waals surface area contributed by atoms with Gasteiger partial charge < -0.3 is 9.88 Å². The van der Waals surface area contributed by atoms with Crippen molar-refractivity contribution in [1.29, 1.82) is 0 Å². The molecule has 2 aromatic rings. The van der Waals surface area contributed by atoms with Crippen molar-refractivity contribution >= 4 is 5.69 Å². The third-order valence-corrected chi connectivity index (χ3v) is 3.60. The van der Waals surface area contributed by atoms with Crippen LogP contribution in [0.4, 0.5) is 5.69 Å². The lowest BCUT2D eigenvalue weighted by Gasteiger charge is -2.18. The van der Waals surface area contributed by atoms with E-state index >= 15 is 0 Å². The summed E-state index contributed by atoms with van der Waals surface area (Å²) in [5.41, 5.74) is 2.30. The molecule has 0 saturated heterocycles. The lowest BCUT2D eigenvalue weighted by Crippen LogP contribution is -2.21. The van der Waals surface area contributed by atoms with Gasteiger partial charge in [0.05, 0.1) is 4.92 Å². The van der Waals surface area contributed by atoms with Crippen LogP contribution in [0.1, 0.15) is 31.0 Å². The molecule has 5 heteroatoms. The molecule has 0 spiro atoms. The van der Waals surface area contributed by atoms with Crippen LogP contribution in [0, 0.1) is 16.0 Å². The van der Waals surface area contributed by atoms with Gasteiger partial charge in [0.25, 0.3) is 5.69 Å². The third kappa shape index (κ3) is 3.70. The molecule has 1 aromatic heterocycles. The van der Waals surface area contributed by atoms with E-state index in [0.29, 0.717) is 18.5 Å². The maximum absolute atomic E-state index is 10.8. The summed E-state index contributed by atoms with van der Waals surface area (Å²) in [4.78, 5) is 10.4. The fourth-order valence-corrected chi connectivity index (χ4v) is 2.61. The van der Waals surface area contributed by atoms with Crippen LogP contribution in [0.25, 0.3) is 0 Å². The number of hydrogen-bond donors (Lipinski definition) is 1. The lowest BCUT2D eigenvalue weighted by atomic mass is 9.99. The van der Waals surface area contributed by atoms with Gasteiger partial charge in [0.15, 0.2) is 0 Å². The average Bonchev–Trinajstić information content (AvgIpc) is 2.87. The minimum Gasteiger partial charge on any atom is -0.350 e. The quantitative estimate of drug-likeness (QED) is 0.654.